The Labute approximate surface area is 147 Å². The lowest BCUT2D eigenvalue weighted by Gasteiger charge is -2.20. The van der Waals surface area contributed by atoms with E-state index < -0.39 is 0 Å². The van der Waals surface area contributed by atoms with Gasteiger partial charge in [0.1, 0.15) is 0 Å². The fraction of sp³-hybridized carbons (Fsp3) is 0.316. The zero-order valence-corrected chi connectivity index (χ0v) is 14.1. The molecule has 1 saturated heterocycles. The maximum absolute atomic E-state index is 6.09. The number of anilines is 1. The average molecular weight is 334 g/mol. The van der Waals surface area contributed by atoms with Crippen molar-refractivity contribution in [1.82, 2.24) is 20.2 Å². The summed E-state index contributed by atoms with van der Waals surface area (Å²) < 4.78 is 1.81. The van der Waals surface area contributed by atoms with Crippen molar-refractivity contribution >= 4 is 5.95 Å². The number of aromatic nitrogens is 4. The van der Waals surface area contributed by atoms with Crippen LogP contribution in [0.25, 0.3) is 16.8 Å². The van der Waals surface area contributed by atoms with Crippen LogP contribution in [0.5, 0.6) is 0 Å². The van der Waals surface area contributed by atoms with Crippen LogP contribution in [0.15, 0.2) is 54.6 Å². The van der Waals surface area contributed by atoms with Crippen LogP contribution in [0.2, 0.25) is 0 Å². The molecule has 2 aromatic carbocycles. The largest absolute Gasteiger partial charge is 0.339 e. The van der Waals surface area contributed by atoms with E-state index in [0.717, 1.165) is 44.0 Å². The Balaban J connectivity index is 1.60. The summed E-state index contributed by atoms with van der Waals surface area (Å²) >= 11 is 0. The highest BCUT2D eigenvalue weighted by Gasteiger charge is 2.20. The third-order valence-electron chi connectivity index (χ3n) is 4.73. The molecule has 3 aromatic rings. The molecular weight excluding hydrogens is 312 g/mol. The number of benzene rings is 2. The van der Waals surface area contributed by atoms with Gasteiger partial charge in [0.05, 0.1) is 5.69 Å². The Hall–Kier alpha value is -2.73. The highest BCUT2D eigenvalue weighted by atomic mass is 15.6. The first-order valence-corrected chi connectivity index (χ1v) is 8.76. The normalized spacial score (nSPS) is 18.1. The molecule has 0 aliphatic carbocycles. The number of nitrogens with zero attached hydrogens (tertiary/aromatic N) is 5. The fourth-order valence-electron chi connectivity index (χ4n) is 3.29. The van der Waals surface area contributed by atoms with Gasteiger partial charge in [-0.2, -0.15) is 4.68 Å². The van der Waals surface area contributed by atoms with E-state index in [0.29, 0.717) is 0 Å². The molecule has 6 nitrogen and oxygen atoms in total. The van der Waals surface area contributed by atoms with Gasteiger partial charge in [-0.15, -0.1) is 0 Å². The summed E-state index contributed by atoms with van der Waals surface area (Å²) in [5.41, 5.74) is 9.43. The monoisotopic (exact) mass is 334 g/mol. The molecule has 2 heterocycles. The van der Waals surface area contributed by atoms with Crippen LogP contribution in [0.4, 0.5) is 5.95 Å². The maximum atomic E-state index is 6.09. The van der Waals surface area contributed by atoms with Crippen molar-refractivity contribution in [2.45, 2.75) is 25.3 Å². The molecule has 4 rings (SSSR count). The number of hydrogen-bond donors (Lipinski definition) is 1. The molecule has 0 saturated carbocycles. The van der Waals surface area contributed by atoms with E-state index in [1.54, 1.807) is 0 Å². The van der Waals surface area contributed by atoms with Crippen LogP contribution in [0, 0.1) is 0 Å². The minimum Gasteiger partial charge on any atom is -0.339 e. The predicted molar refractivity (Wildman–Crippen MR) is 98.6 cm³/mol. The molecule has 1 aliphatic heterocycles. The summed E-state index contributed by atoms with van der Waals surface area (Å²) in [6, 6.07) is 19.0. The number of rotatable bonds is 3. The SMILES string of the molecule is N[C@H]1CCCN(c2nnnn2-c2ccc(-c3ccccc3)cc2)CC1. The molecule has 2 N–H and O–H groups in total. The van der Waals surface area contributed by atoms with E-state index >= 15 is 0 Å². The third-order valence-corrected chi connectivity index (χ3v) is 4.73. The molecular formula is C19H22N6. The molecule has 0 unspecified atom stereocenters. The Morgan fingerprint density at radius 1 is 0.880 bits per heavy atom. The van der Waals surface area contributed by atoms with Gasteiger partial charge in [-0.1, -0.05) is 47.6 Å². The topological polar surface area (TPSA) is 72.9 Å². The van der Waals surface area contributed by atoms with Crippen molar-refractivity contribution < 1.29 is 0 Å². The van der Waals surface area contributed by atoms with E-state index in [1.807, 2.05) is 22.9 Å². The van der Waals surface area contributed by atoms with Gasteiger partial charge in [0.25, 0.3) is 0 Å². The summed E-state index contributed by atoms with van der Waals surface area (Å²) in [5, 5.41) is 12.3. The van der Waals surface area contributed by atoms with Crippen molar-refractivity contribution in [3.8, 4) is 16.8 Å². The molecule has 25 heavy (non-hydrogen) atoms. The van der Waals surface area contributed by atoms with Gasteiger partial charge in [0.2, 0.25) is 5.95 Å². The molecule has 0 radical (unpaired) electrons. The van der Waals surface area contributed by atoms with Crippen molar-refractivity contribution in [2.24, 2.45) is 5.73 Å². The second-order valence-corrected chi connectivity index (χ2v) is 6.48. The quantitative estimate of drug-likeness (QED) is 0.797. The summed E-state index contributed by atoms with van der Waals surface area (Å²) in [6.45, 7) is 1.83. The van der Waals surface area contributed by atoms with E-state index in [1.165, 1.54) is 11.1 Å². The molecule has 0 amide bonds. The molecule has 1 fully saturated rings. The first kappa shape index (κ1) is 15.8. The zero-order valence-electron chi connectivity index (χ0n) is 14.1. The van der Waals surface area contributed by atoms with Gasteiger partial charge in [-0.05, 0) is 52.9 Å². The zero-order chi connectivity index (χ0) is 17.1. The minimum absolute atomic E-state index is 0.277. The summed E-state index contributed by atoms with van der Waals surface area (Å²) in [6.07, 6.45) is 3.10. The Kier molecular flexibility index (Phi) is 4.43. The second kappa shape index (κ2) is 7.03. The van der Waals surface area contributed by atoms with Crippen LogP contribution >= 0.6 is 0 Å². The smallest absolute Gasteiger partial charge is 0.250 e. The summed E-state index contributed by atoms with van der Waals surface area (Å²) in [4.78, 5) is 2.23. The van der Waals surface area contributed by atoms with Gasteiger partial charge in [0.15, 0.2) is 0 Å². The predicted octanol–water partition coefficient (Wildman–Crippen LogP) is 2.65. The molecule has 0 spiro atoms. The van der Waals surface area contributed by atoms with Gasteiger partial charge >= 0.3 is 0 Å². The maximum Gasteiger partial charge on any atom is 0.250 e. The molecule has 1 aliphatic rings. The molecule has 6 heteroatoms. The molecule has 128 valence electrons. The first-order valence-electron chi connectivity index (χ1n) is 8.76. The number of tetrazole rings is 1. The van der Waals surface area contributed by atoms with Gasteiger partial charge in [0, 0.05) is 19.1 Å². The first-order chi connectivity index (χ1) is 12.3. The minimum atomic E-state index is 0.277. The second-order valence-electron chi connectivity index (χ2n) is 6.48. The van der Waals surface area contributed by atoms with E-state index in [-0.39, 0.29) is 6.04 Å². The highest BCUT2D eigenvalue weighted by molar-refractivity contribution is 5.64. The number of nitrogens with two attached hydrogens (primary N) is 1. The van der Waals surface area contributed by atoms with Crippen molar-refractivity contribution in [2.75, 3.05) is 18.0 Å². The van der Waals surface area contributed by atoms with Crippen LogP contribution < -0.4 is 10.6 Å². The van der Waals surface area contributed by atoms with Gasteiger partial charge in [-0.3, -0.25) is 0 Å². The van der Waals surface area contributed by atoms with Crippen LogP contribution in [0.1, 0.15) is 19.3 Å². The third kappa shape index (κ3) is 3.39. The lowest BCUT2D eigenvalue weighted by atomic mass is 10.1. The lowest BCUT2D eigenvalue weighted by molar-refractivity contribution is 0.601. The highest BCUT2D eigenvalue weighted by Crippen LogP contribution is 2.23. The molecule has 1 atom stereocenters. The van der Waals surface area contributed by atoms with Crippen molar-refractivity contribution in [3.05, 3.63) is 54.6 Å². The van der Waals surface area contributed by atoms with E-state index in [2.05, 4.69) is 56.8 Å². The average Bonchev–Trinajstić information content (AvgIpc) is 3.05. The Morgan fingerprint density at radius 3 is 2.44 bits per heavy atom. The van der Waals surface area contributed by atoms with Crippen LogP contribution in [-0.4, -0.2) is 39.3 Å². The standard InChI is InChI=1S/C19H22N6/c20-17-7-4-13-24(14-12-17)19-21-22-23-25(19)18-10-8-16(9-11-18)15-5-2-1-3-6-15/h1-3,5-6,8-11,17H,4,7,12-14,20H2/t17-/m0/s1. The van der Waals surface area contributed by atoms with Crippen molar-refractivity contribution in [1.29, 1.82) is 0 Å². The lowest BCUT2D eigenvalue weighted by Crippen LogP contribution is -2.28. The van der Waals surface area contributed by atoms with Gasteiger partial charge < -0.3 is 10.6 Å². The van der Waals surface area contributed by atoms with Gasteiger partial charge in [-0.25, -0.2) is 0 Å². The van der Waals surface area contributed by atoms with Crippen LogP contribution in [0.3, 0.4) is 0 Å². The van der Waals surface area contributed by atoms with Crippen molar-refractivity contribution in [3.63, 3.8) is 0 Å². The Bertz CT molecular complexity index is 811. The number of hydrogen-bond acceptors (Lipinski definition) is 5. The summed E-state index contributed by atoms with van der Waals surface area (Å²) in [5.74, 6) is 0.793. The molecule has 1 aromatic heterocycles. The van der Waals surface area contributed by atoms with E-state index in [9.17, 15) is 0 Å². The Morgan fingerprint density at radius 2 is 1.64 bits per heavy atom. The van der Waals surface area contributed by atoms with E-state index in [4.69, 9.17) is 5.73 Å². The fourth-order valence-corrected chi connectivity index (χ4v) is 3.29. The summed E-state index contributed by atoms with van der Waals surface area (Å²) in [7, 11) is 0. The molecule has 0 bridgehead atoms. The van der Waals surface area contributed by atoms with Crippen LogP contribution in [-0.2, 0) is 0 Å².